The van der Waals surface area contributed by atoms with Crippen molar-refractivity contribution in [1.29, 1.82) is 0 Å². The van der Waals surface area contributed by atoms with Gasteiger partial charge in [0, 0.05) is 18.8 Å². The van der Waals surface area contributed by atoms with Crippen LogP contribution >= 0.6 is 0 Å². The molecule has 4 heteroatoms. The molecule has 0 aliphatic heterocycles. The molecule has 0 bridgehead atoms. The summed E-state index contributed by atoms with van der Waals surface area (Å²) in [6.07, 6.45) is 7.79. The van der Waals surface area contributed by atoms with Crippen molar-refractivity contribution in [2.45, 2.75) is 77.9 Å². The monoisotopic (exact) mass is 346 g/mol. The van der Waals surface area contributed by atoms with Crippen molar-refractivity contribution in [1.82, 2.24) is 0 Å². The molecule has 25 heavy (non-hydrogen) atoms. The van der Waals surface area contributed by atoms with Gasteiger partial charge in [-0.2, -0.15) is 0 Å². The molecular weight excluding hydrogens is 316 g/mol. The number of allylic oxidation sites excluding steroid dienone is 1. The molecule has 4 nitrogen and oxygen atoms in total. The van der Waals surface area contributed by atoms with Gasteiger partial charge in [0.2, 0.25) is 0 Å². The van der Waals surface area contributed by atoms with Crippen LogP contribution in [-0.4, -0.2) is 29.1 Å². The minimum Gasteiger partial charge on any atom is -0.462 e. The molecule has 3 fully saturated rings. The van der Waals surface area contributed by atoms with E-state index in [1.807, 2.05) is 6.08 Å². The molecule has 4 aliphatic rings. The Morgan fingerprint density at radius 3 is 2.64 bits per heavy atom. The van der Waals surface area contributed by atoms with E-state index in [1.165, 1.54) is 6.92 Å². The number of carbonyl (C=O) groups excluding carboxylic acids is 2. The third-order valence-corrected chi connectivity index (χ3v) is 8.13. The zero-order valence-electron chi connectivity index (χ0n) is 15.6. The molecule has 3 saturated carbocycles. The number of rotatable bonds is 1. The van der Waals surface area contributed by atoms with Crippen LogP contribution in [0.2, 0.25) is 0 Å². The van der Waals surface area contributed by atoms with E-state index in [1.54, 1.807) is 0 Å². The Labute approximate surface area is 150 Å². The van der Waals surface area contributed by atoms with Crippen LogP contribution in [0, 0.1) is 28.6 Å². The Kier molecular flexibility index (Phi) is 3.91. The molecule has 0 saturated heterocycles. The highest BCUT2D eigenvalue weighted by molar-refractivity contribution is 5.98. The van der Waals surface area contributed by atoms with E-state index in [-0.39, 0.29) is 28.7 Å². The van der Waals surface area contributed by atoms with E-state index in [0.717, 1.165) is 44.1 Å². The van der Waals surface area contributed by atoms with Crippen molar-refractivity contribution in [3.05, 3.63) is 11.6 Å². The van der Waals surface area contributed by atoms with Crippen LogP contribution in [0.25, 0.3) is 0 Å². The minimum atomic E-state index is -0.461. The number of hydrogen-bond donors (Lipinski definition) is 1. The molecule has 7 atom stereocenters. The van der Waals surface area contributed by atoms with Crippen molar-refractivity contribution in [3.8, 4) is 0 Å². The van der Waals surface area contributed by atoms with E-state index in [4.69, 9.17) is 4.74 Å². The maximum absolute atomic E-state index is 12.9. The lowest BCUT2D eigenvalue weighted by Crippen LogP contribution is -2.54. The summed E-state index contributed by atoms with van der Waals surface area (Å²) in [6.45, 7) is 6.02. The Morgan fingerprint density at radius 2 is 1.92 bits per heavy atom. The zero-order chi connectivity index (χ0) is 18.0. The second kappa shape index (κ2) is 5.67. The van der Waals surface area contributed by atoms with Gasteiger partial charge < -0.3 is 9.84 Å². The molecule has 0 spiro atoms. The number of fused-ring (bicyclic) bond motifs is 5. The average molecular weight is 346 g/mol. The number of esters is 1. The largest absolute Gasteiger partial charge is 0.462 e. The van der Waals surface area contributed by atoms with Crippen molar-refractivity contribution in [3.63, 3.8) is 0 Å². The highest BCUT2D eigenvalue weighted by Crippen LogP contribution is 2.65. The number of carbonyl (C=O) groups is 2. The fourth-order valence-electron chi connectivity index (χ4n) is 6.88. The summed E-state index contributed by atoms with van der Waals surface area (Å²) in [5.41, 5.74) is 0.824. The lowest BCUT2D eigenvalue weighted by molar-refractivity contribution is -0.158. The fraction of sp³-hybridized carbons (Fsp3) is 0.810. The maximum atomic E-state index is 12.9. The topological polar surface area (TPSA) is 63.6 Å². The summed E-state index contributed by atoms with van der Waals surface area (Å²) in [7, 11) is 0. The van der Waals surface area contributed by atoms with E-state index in [2.05, 4.69) is 13.8 Å². The van der Waals surface area contributed by atoms with Crippen LogP contribution in [0.15, 0.2) is 11.6 Å². The van der Waals surface area contributed by atoms with Crippen LogP contribution in [0.3, 0.4) is 0 Å². The molecular formula is C21H30O4. The van der Waals surface area contributed by atoms with Crippen LogP contribution in [0.1, 0.15) is 65.7 Å². The molecule has 0 radical (unpaired) electrons. The zero-order valence-corrected chi connectivity index (χ0v) is 15.6. The Bertz CT molecular complexity index is 638. The van der Waals surface area contributed by atoms with Crippen LogP contribution in [0.5, 0.6) is 0 Å². The number of ketones is 1. The molecule has 4 aliphatic carbocycles. The molecule has 7 unspecified atom stereocenters. The van der Waals surface area contributed by atoms with Gasteiger partial charge >= 0.3 is 5.97 Å². The van der Waals surface area contributed by atoms with Crippen molar-refractivity contribution < 1.29 is 19.4 Å². The van der Waals surface area contributed by atoms with Crippen LogP contribution in [-0.2, 0) is 14.3 Å². The van der Waals surface area contributed by atoms with Crippen molar-refractivity contribution >= 4 is 11.8 Å². The maximum Gasteiger partial charge on any atom is 0.302 e. The highest BCUT2D eigenvalue weighted by Gasteiger charge is 2.61. The second-order valence-electron chi connectivity index (χ2n) is 9.33. The first-order chi connectivity index (χ1) is 11.8. The third kappa shape index (κ3) is 2.43. The Balaban J connectivity index is 1.66. The summed E-state index contributed by atoms with van der Waals surface area (Å²) in [4.78, 5) is 24.4. The lowest BCUT2D eigenvalue weighted by atomic mass is 9.47. The quantitative estimate of drug-likeness (QED) is 0.739. The smallest absolute Gasteiger partial charge is 0.302 e. The molecule has 0 aromatic carbocycles. The van der Waals surface area contributed by atoms with E-state index in [9.17, 15) is 14.7 Å². The minimum absolute atomic E-state index is 0.00368. The normalized spacial score (nSPS) is 48.9. The first kappa shape index (κ1) is 17.3. The summed E-state index contributed by atoms with van der Waals surface area (Å²) in [5, 5.41) is 10.0. The average Bonchev–Trinajstić information content (AvgIpc) is 2.86. The SMILES string of the molecule is CC(=O)OC1CCC2C3CC(=O)C4=CC(O)CCC4(C)C3CCC12C. The number of ether oxygens (including phenoxy) is 1. The summed E-state index contributed by atoms with van der Waals surface area (Å²) < 4.78 is 5.67. The van der Waals surface area contributed by atoms with Gasteiger partial charge in [-0.3, -0.25) is 9.59 Å². The van der Waals surface area contributed by atoms with E-state index < -0.39 is 6.10 Å². The summed E-state index contributed by atoms with van der Waals surface area (Å²) >= 11 is 0. The van der Waals surface area contributed by atoms with Crippen LogP contribution in [0.4, 0.5) is 0 Å². The molecule has 0 heterocycles. The second-order valence-corrected chi connectivity index (χ2v) is 9.33. The predicted molar refractivity (Wildman–Crippen MR) is 93.7 cm³/mol. The first-order valence-electron chi connectivity index (χ1n) is 9.86. The summed E-state index contributed by atoms with van der Waals surface area (Å²) in [6, 6.07) is 0. The van der Waals surface area contributed by atoms with E-state index in [0.29, 0.717) is 24.2 Å². The lowest BCUT2D eigenvalue weighted by Gasteiger charge is -2.57. The number of Topliss-reactive ketones (excluding diaryl/α,β-unsaturated/α-hetero) is 1. The van der Waals surface area contributed by atoms with Gasteiger partial charge in [-0.15, -0.1) is 0 Å². The third-order valence-electron chi connectivity index (χ3n) is 8.13. The van der Waals surface area contributed by atoms with Gasteiger partial charge in [0.15, 0.2) is 5.78 Å². The van der Waals surface area contributed by atoms with Crippen molar-refractivity contribution in [2.75, 3.05) is 0 Å². The fourth-order valence-corrected chi connectivity index (χ4v) is 6.88. The standard InChI is InChI=1S/C21H30O4/c1-12(22)25-19-5-4-15-14-11-18(24)17-10-13(23)6-8-20(17,2)16(14)7-9-21(15,19)3/h10,13-16,19,23H,4-9,11H2,1-3H3. The number of aliphatic hydroxyl groups excluding tert-OH is 1. The van der Waals surface area contributed by atoms with Gasteiger partial charge in [0.05, 0.1) is 6.10 Å². The Hall–Kier alpha value is -1.16. The number of aliphatic hydroxyl groups is 1. The van der Waals surface area contributed by atoms with Gasteiger partial charge in [0.1, 0.15) is 6.10 Å². The first-order valence-corrected chi connectivity index (χ1v) is 9.86. The van der Waals surface area contributed by atoms with Crippen molar-refractivity contribution in [2.24, 2.45) is 28.6 Å². The summed E-state index contributed by atoms with van der Waals surface area (Å²) in [5.74, 6) is 1.42. The van der Waals surface area contributed by atoms with Gasteiger partial charge in [0.25, 0.3) is 0 Å². The van der Waals surface area contributed by atoms with Gasteiger partial charge in [-0.05, 0) is 73.3 Å². The predicted octanol–water partition coefficient (Wildman–Crippen LogP) is 3.42. The molecule has 4 rings (SSSR count). The van der Waals surface area contributed by atoms with Crippen LogP contribution < -0.4 is 0 Å². The van der Waals surface area contributed by atoms with E-state index >= 15 is 0 Å². The van der Waals surface area contributed by atoms with Gasteiger partial charge in [-0.1, -0.05) is 13.8 Å². The molecule has 0 aromatic heterocycles. The molecule has 0 amide bonds. The Morgan fingerprint density at radius 1 is 1.16 bits per heavy atom. The number of hydrogen-bond acceptors (Lipinski definition) is 4. The van der Waals surface area contributed by atoms with Gasteiger partial charge in [-0.25, -0.2) is 0 Å². The molecule has 138 valence electrons. The molecule has 1 N–H and O–H groups in total. The highest BCUT2D eigenvalue weighted by atomic mass is 16.5. The molecule has 0 aromatic rings.